The first-order valence-corrected chi connectivity index (χ1v) is 8.32. The number of hydrogen-bond donors (Lipinski definition) is 2. The van der Waals surface area contributed by atoms with E-state index in [4.69, 9.17) is 0 Å². The molecule has 3 aromatic carbocycles. The maximum Gasteiger partial charge on any atom is 0.137 e. The topological polar surface area (TPSA) is 43.7 Å². The molecule has 0 aliphatic heterocycles. The lowest BCUT2D eigenvalue weighted by Gasteiger charge is -2.25. The number of hydrogen-bond acceptors (Lipinski definition) is 3. The number of phenols is 1. The summed E-state index contributed by atoms with van der Waals surface area (Å²) in [7, 11) is 3.58. The fraction of sp³-hybridized carbons (Fsp3) is 0.182. The summed E-state index contributed by atoms with van der Waals surface area (Å²) in [6.07, 6.45) is -0.890. The summed E-state index contributed by atoms with van der Waals surface area (Å²) in [6, 6.07) is 21.6. The van der Waals surface area contributed by atoms with E-state index in [1.807, 2.05) is 67.6 Å². The Morgan fingerprint density at radius 3 is 1.88 bits per heavy atom. The Bertz CT molecular complexity index is 858. The predicted molar refractivity (Wildman–Crippen MR) is 102 cm³/mol. The lowest BCUT2D eigenvalue weighted by molar-refractivity contribution is 0.0380. The highest BCUT2D eigenvalue weighted by Gasteiger charge is 2.24. The Morgan fingerprint density at radius 1 is 0.840 bits per heavy atom. The van der Waals surface area contributed by atoms with E-state index >= 15 is 0 Å². The third-order valence-corrected chi connectivity index (χ3v) is 4.50. The van der Waals surface area contributed by atoms with Crippen LogP contribution in [0.25, 0.3) is 22.3 Å². The fourth-order valence-corrected chi connectivity index (χ4v) is 3.20. The lowest BCUT2D eigenvalue weighted by Crippen LogP contribution is -2.20. The van der Waals surface area contributed by atoms with Gasteiger partial charge in [-0.3, -0.25) is 4.90 Å². The molecule has 128 valence electrons. The van der Waals surface area contributed by atoms with Crippen LogP contribution in [0, 0.1) is 6.92 Å². The molecule has 0 bridgehead atoms. The molecule has 3 heteroatoms. The number of benzene rings is 3. The number of aliphatic hydroxyl groups excluding tert-OH is 1. The summed E-state index contributed by atoms with van der Waals surface area (Å²) in [5.74, 6) is 0.101. The van der Waals surface area contributed by atoms with Gasteiger partial charge in [-0.2, -0.15) is 0 Å². The molecule has 0 aromatic heterocycles. The highest BCUT2D eigenvalue weighted by atomic mass is 16.3. The summed E-state index contributed by atoms with van der Waals surface area (Å²) >= 11 is 0. The second-order valence-electron chi connectivity index (χ2n) is 6.43. The maximum absolute atomic E-state index is 10.8. The van der Waals surface area contributed by atoms with Crippen LogP contribution in [-0.4, -0.2) is 29.2 Å². The fourth-order valence-electron chi connectivity index (χ4n) is 3.20. The molecular formula is C22H23NO2. The monoisotopic (exact) mass is 333 g/mol. The zero-order chi connectivity index (χ0) is 18.0. The molecule has 0 aliphatic carbocycles. The van der Waals surface area contributed by atoms with Crippen molar-refractivity contribution in [2.45, 2.75) is 13.2 Å². The van der Waals surface area contributed by atoms with Gasteiger partial charge in [0.05, 0.1) is 0 Å². The minimum absolute atomic E-state index is 0.101. The number of nitrogens with zero attached hydrogens (tertiary/aromatic N) is 1. The Hall–Kier alpha value is -2.62. The highest BCUT2D eigenvalue weighted by Crippen LogP contribution is 2.42. The van der Waals surface area contributed by atoms with Crippen LogP contribution in [0.4, 0.5) is 0 Å². The minimum atomic E-state index is -0.890. The van der Waals surface area contributed by atoms with Crippen LogP contribution in [0.1, 0.15) is 17.4 Å². The van der Waals surface area contributed by atoms with Crippen molar-refractivity contribution in [3.63, 3.8) is 0 Å². The van der Waals surface area contributed by atoms with Crippen LogP contribution in [-0.2, 0) is 0 Å². The number of aliphatic hydroxyl groups is 1. The van der Waals surface area contributed by atoms with Gasteiger partial charge in [0.2, 0.25) is 0 Å². The largest absolute Gasteiger partial charge is 0.507 e. The first kappa shape index (κ1) is 17.2. The molecule has 3 nitrogen and oxygen atoms in total. The zero-order valence-electron chi connectivity index (χ0n) is 14.8. The van der Waals surface area contributed by atoms with E-state index < -0.39 is 6.23 Å². The molecule has 3 rings (SSSR count). The van der Waals surface area contributed by atoms with Crippen molar-refractivity contribution in [1.82, 2.24) is 4.90 Å². The summed E-state index contributed by atoms with van der Waals surface area (Å²) in [5, 5.41) is 21.4. The SMILES string of the molecule is Cc1c(-c2ccccc2)cc(O)c(C(O)N(C)C)c1-c1ccccc1. The second kappa shape index (κ2) is 7.09. The van der Waals surface area contributed by atoms with E-state index in [2.05, 4.69) is 0 Å². The Labute approximate surface area is 148 Å². The molecule has 1 unspecified atom stereocenters. The summed E-state index contributed by atoms with van der Waals surface area (Å²) in [6.45, 7) is 2.04. The van der Waals surface area contributed by atoms with Gasteiger partial charge < -0.3 is 10.2 Å². The Morgan fingerprint density at radius 2 is 1.36 bits per heavy atom. The molecule has 0 saturated heterocycles. The van der Waals surface area contributed by atoms with Gasteiger partial charge in [-0.05, 0) is 54.9 Å². The van der Waals surface area contributed by atoms with Crippen molar-refractivity contribution in [2.24, 2.45) is 0 Å². The lowest BCUT2D eigenvalue weighted by atomic mass is 9.87. The normalized spacial score (nSPS) is 12.4. The molecule has 0 saturated carbocycles. The molecule has 1 atom stereocenters. The average molecular weight is 333 g/mol. The summed E-state index contributed by atoms with van der Waals surface area (Å²) in [5.41, 5.74) is 5.43. The van der Waals surface area contributed by atoms with Gasteiger partial charge in [0.25, 0.3) is 0 Å². The molecule has 25 heavy (non-hydrogen) atoms. The van der Waals surface area contributed by atoms with E-state index in [0.29, 0.717) is 5.56 Å². The molecule has 3 aromatic rings. The third kappa shape index (κ3) is 3.29. The molecule has 0 radical (unpaired) electrons. The van der Waals surface area contributed by atoms with Crippen molar-refractivity contribution in [3.05, 3.63) is 77.9 Å². The van der Waals surface area contributed by atoms with Crippen LogP contribution >= 0.6 is 0 Å². The molecule has 0 aliphatic rings. The zero-order valence-corrected chi connectivity index (χ0v) is 14.8. The smallest absolute Gasteiger partial charge is 0.137 e. The molecule has 2 N–H and O–H groups in total. The Kier molecular flexibility index (Phi) is 4.88. The van der Waals surface area contributed by atoms with E-state index in [1.165, 1.54) is 0 Å². The van der Waals surface area contributed by atoms with Gasteiger partial charge in [0.1, 0.15) is 12.0 Å². The van der Waals surface area contributed by atoms with Crippen LogP contribution in [0.15, 0.2) is 66.7 Å². The average Bonchev–Trinajstić information content (AvgIpc) is 2.63. The van der Waals surface area contributed by atoms with E-state index in [-0.39, 0.29) is 5.75 Å². The van der Waals surface area contributed by atoms with Gasteiger partial charge in [-0.1, -0.05) is 60.7 Å². The van der Waals surface area contributed by atoms with Crippen molar-refractivity contribution in [3.8, 4) is 28.0 Å². The highest BCUT2D eigenvalue weighted by molar-refractivity contribution is 5.83. The third-order valence-electron chi connectivity index (χ3n) is 4.50. The molecule has 0 spiro atoms. The second-order valence-corrected chi connectivity index (χ2v) is 6.43. The summed E-state index contributed by atoms with van der Waals surface area (Å²) in [4.78, 5) is 1.68. The quantitative estimate of drug-likeness (QED) is 0.687. The maximum atomic E-state index is 10.8. The first-order valence-electron chi connectivity index (χ1n) is 8.32. The van der Waals surface area contributed by atoms with Crippen LogP contribution in [0.2, 0.25) is 0 Å². The standard InChI is InChI=1S/C22H23NO2/c1-15-18(16-10-6-4-7-11-16)14-19(24)21(22(25)23(2)3)20(15)17-12-8-5-9-13-17/h4-14,22,24-25H,1-3H3. The van der Waals surface area contributed by atoms with E-state index in [0.717, 1.165) is 27.8 Å². The van der Waals surface area contributed by atoms with Gasteiger partial charge in [0.15, 0.2) is 0 Å². The van der Waals surface area contributed by atoms with E-state index in [1.54, 1.807) is 25.1 Å². The number of phenolic OH excluding ortho intramolecular Hbond substituents is 1. The minimum Gasteiger partial charge on any atom is -0.507 e. The molecular weight excluding hydrogens is 310 g/mol. The van der Waals surface area contributed by atoms with Gasteiger partial charge in [-0.25, -0.2) is 0 Å². The van der Waals surface area contributed by atoms with Crippen LogP contribution in [0.5, 0.6) is 5.75 Å². The van der Waals surface area contributed by atoms with Gasteiger partial charge in [-0.15, -0.1) is 0 Å². The molecule has 0 amide bonds. The van der Waals surface area contributed by atoms with Crippen LogP contribution in [0.3, 0.4) is 0 Å². The van der Waals surface area contributed by atoms with E-state index in [9.17, 15) is 10.2 Å². The molecule has 0 fully saturated rings. The van der Waals surface area contributed by atoms with Crippen molar-refractivity contribution < 1.29 is 10.2 Å². The van der Waals surface area contributed by atoms with Crippen molar-refractivity contribution in [1.29, 1.82) is 0 Å². The van der Waals surface area contributed by atoms with Crippen molar-refractivity contribution in [2.75, 3.05) is 14.1 Å². The summed E-state index contributed by atoms with van der Waals surface area (Å²) < 4.78 is 0. The van der Waals surface area contributed by atoms with Crippen molar-refractivity contribution >= 4 is 0 Å². The number of rotatable bonds is 4. The van der Waals surface area contributed by atoms with Gasteiger partial charge in [0, 0.05) is 5.56 Å². The molecule has 0 heterocycles. The Balaban J connectivity index is 2.33. The predicted octanol–water partition coefficient (Wildman–Crippen LogP) is 4.59. The van der Waals surface area contributed by atoms with Crippen LogP contribution < -0.4 is 0 Å². The van der Waals surface area contributed by atoms with Gasteiger partial charge >= 0.3 is 0 Å². The first-order chi connectivity index (χ1) is 12.0. The number of aromatic hydroxyl groups is 1.